The molecule has 2 aromatic rings. The summed E-state index contributed by atoms with van der Waals surface area (Å²) in [5.74, 6) is -0.540. The third kappa shape index (κ3) is 5.19. The smallest absolute Gasteiger partial charge is 0.251 e. The number of hydrogen-bond acceptors (Lipinski definition) is 2. The second kappa shape index (κ2) is 8.82. The van der Waals surface area contributed by atoms with Gasteiger partial charge < -0.3 is 10.2 Å². The Bertz CT molecular complexity index is 689. The second-order valence-corrected chi connectivity index (χ2v) is 5.57. The van der Waals surface area contributed by atoms with E-state index < -0.39 is 0 Å². The van der Waals surface area contributed by atoms with Gasteiger partial charge in [0.05, 0.1) is 0 Å². The zero-order valence-electron chi connectivity index (χ0n) is 13.7. The van der Waals surface area contributed by atoms with Crippen molar-refractivity contribution in [3.8, 4) is 0 Å². The Kier molecular flexibility index (Phi) is 6.49. The number of halogens is 1. The zero-order valence-corrected chi connectivity index (χ0v) is 13.7. The molecule has 0 bridgehead atoms. The Balaban J connectivity index is 1.71. The van der Waals surface area contributed by atoms with E-state index in [-0.39, 0.29) is 24.2 Å². The molecule has 0 fully saturated rings. The van der Waals surface area contributed by atoms with Crippen LogP contribution in [0.5, 0.6) is 0 Å². The number of nitrogens with zero attached hydrogens (tertiary/aromatic N) is 1. The van der Waals surface area contributed by atoms with E-state index in [1.54, 1.807) is 49.5 Å². The molecule has 5 heteroatoms. The average Bonchev–Trinajstić information content (AvgIpc) is 2.61. The summed E-state index contributed by atoms with van der Waals surface area (Å²) < 4.78 is 13.6. The van der Waals surface area contributed by atoms with Gasteiger partial charge in [-0.05, 0) is 24.6 Å². The van der Waals surface area contributed by atoms with Gasteiger partial charge in [0.25, 0.3) is 5.91 Å². The largest absolute Gasteiger partial charge is 0.352 e. The minimum absolute atomic E-state index is 0.0767. The second-order valence-electron chi connectivity index (χ2n) is 5.57. The van der Waals surface area contributed by atoms with Crippen molar-refractivity contribution in [3.63, 3.8) is 0 Å². The maximum Gasteiger partial charge on any atom is 0.251 e. The molecule has 0 saturated heterocycles. The summed E-state index contributed by atoms with van der Waals surface area (Å²) in [5, 5.41) is 2.78. The molecule has 0 unspecified atom stereocenters. The van der Waals surface area contributed by atoms with Crippen LogP contribution in [0.25, 0.3) is 0 Å². The molecule has 0 aliphatic rings. The van der Waals surface area contributed by atoms with Crippen molar-refractivity contribution in [3.05, 3.63) is 71.5 Å². The lowest BCUT2D eigenvalue weighted by atomic mass is 10.2. The Labute approximate surface area is 141 Å². The normalized spacial score (nSPS) is 10.2. The van der Waals surface area contributed by atoms with Gasteiger partial charge in [0.15, 0.2) is 0 Å². The molecule has 0 aliphatic heterocycles. The van der Waals surface area contributed by atoms with E-state index in [1.165, 1.54) is 11.0 Å². The van der Waals surface area contributed by atoms with Gasteiger partial charge in [0.1, 0.15) is 5.82 Å². The van der Waals surface area contributed by atoms with Gasteiger partial charge in [-0.15, -0.1) is 0 Å². The molecule has 2 amide bonds. The summed E-state index contributed by atoms with van der Waals surface area (Å²) in [7, 11) is 1.65. The lowest BCUT2D eigenvalue weighted by Crippen LogP contribution is -2.29. The predicted octanol–water partition coefficient (Wildman–Crippen LogP) is 2.99. The first-order valence-electron chi connectivity index (χ1n) is 7.88. The molecule has 2 aromatic carbocycles. The molecule has 126 valence electrons. The van der Waals surface area contributed by atoms with Crippen LogP contribution in [0, 0.1) is 5.82 Å². The lowest BCUT2D eigenvalue weighted by Gasteiger charge is -2.17. The lowest BCUT2D eigenvalue weighted by molar-refractivity contribution is -0.130. The van der Waals surface area contributed by atoms with Crippen molar-refractivity contribution in [2.75, 3.05) is 13.6 Å². The summed E-state index contributed by atoms with van der Waals surface area (Å²) in [5.41, 5.74) is 1.09. The third-order valence-electron chi connectivity index (χ3n) is 3.68. The minimum atomic E-state index is -0.313. The van der Waals surface area contributed by atoms with Crippen molar-refractivity contribution >= 4 is 11.8 Å². The van der Waals surface area contributed by atoms with Crippen LogP contribution in [0.1, 0.15) is 28.8 Å². The molecular formula is C19H21FN2O2. The number of carbonyl (C=O) groups is 2. The molecule has 0 aromatic heterocycles. The molecule has 0 heterocycles. The number of nitrogens with one attached hydrogen (secondary N) is 1. The highest BCUT2D eigenvalue weighted by Crippen LogP contribution is 2.10. The van der Waals surface area contributed by atoms with Gasteiger partial charge in [0.2, 0.25) is 5.91 Å². The topological polar surface area (TPSA) is 49.4 Å². The van der Waals surface area contributed by atoms with E-state index in [9.17, 15) is 14.0 Å². The summed E-state index contributed by atoms with van der Waals surface area (Å²) in [6, 6.07) is 15.3. The Hall–Kier alpha value is -2.69. The number of amides is 2. The van der Waals surface area contributed by atoms with Gasteiger partial charge in [-0.25, -0.2) is 4.39 Å². The maximum absolute atomic E-state index is 13.6. The quantitative estimate of drug-likeness (QED) is 0.794. The number of carbonyl (C=O) groups excluding carboxylic acids is 2. The van der Waals surface area contributed by atoms with Crippen molar-refractivity contribution in [1.29, 1.82) is 0 Å². The standard InChI is InChI=1S/C19H21FN2O2/c1-22(14-16-10-5-6-11-17(16)20)18(23)12-7-13-21-19(24)15-8-3-2-4-9-15/h2-6,8-11H,7,12-14H2,1H3,(H,21,24). The molecule has 0 saturated carbocycles. The fourth-order valence-electron chi connectivity index (χ4n) is 2.29. The van der Waals surface area contributed by atoms with Gasteiger partial charge in [0, 0.05) is 37.7 Å². The van der Waals surface area contributed by atoms with Crippen LogP contribution in [0.3, 0.4) is 0 Å². The SMILES string of the molecule is CN(Cc1ccccc1F)C(=O)CCCNC(=O)c1ccccc1. The highest BCUT2D eigenvalue weighted by molar-refractivity contribution is 5.94. The molecule has 24 heavy (non-hydrogen) atoms. The first kappa shape index (κ1) is 17.7. The van der Waals surface area contributed by atoms with E-state index in [0.29, 0.717) is 30.5 Å². The van der Waals surface area contributed by atoms with E-state index >= 15 is 0 Å². The minimum Gasteiger partial charge on any atom is -0.352 e. The Morgan fingerprint density at radius 1 is 1.04 bits per heavy atom. The summed E-state index contributed by atoms with van der Waals surface area (Å²) in [4.78, 5) is 25.4. The average molecular weight is 328 g/mol. The highest BCUT2D eigenvalue weighted by atomic mass is 19.1. The van der Waals surface area contributed by atoms with E-state index in [0.717, 1.165) is 0 Å². The van der Waals surface area contributed by atoms with Crippen LogP contribution >= 0.6 is 0 Å². The maximum atomic E-state index is 13.6. The van der Waals surface area contributed by atoms with Crippen molar-refractivity contribution in [2.24, 2.45) is 0 Å². The monoisotopic (exact) mass is 328 g/mol. The molecular weight excluding hydrogens is 307 g/mol. The zero-order chi connectivity index (χ0) is 17.4. The molecule has 0 spiro atoms. The van der Waals surface area contributed by atoms with Gasteiger partial charge >= 0.3 is 0 Å². The van der Waals surface area contributed by atoms with E-state index in [4.69, 9.17) is 0 Å². The predicted molar refractivity (Wildman–Crippen MR) is 90.9 cm³/mol. The van der Waals surface area contributed by atoms with Crippen LogP contribution in [0.2, 0.25) is 0 Å². The summed E-state index contributed by atoms with van der Waals surface area (Å²) in [6.07, 6.45) is 0.846. The van der Waals surface area contributed by atoms with Crippen LogP contribution in [0.15, 0.2) is 54.6 Å². The first-order chi connectivity index (χ1) is 11.6. The Morgan fingerprint density at radius 3 is 2.42 bits per heavy atom. The van der Waals surface area contributed by atoms with Crippen molar-refractivity contribution < 1.29 is 14.0 Å². The van der Waals surface area contributed by atoms with Crippen LogP contribution in [-0.2, 0) is 11.3 Å². The fraction of sp³-hybridized carbons (Fsp3) is 0.263. The number of hydrogen-bond donors (Lipinski definition) is 1. The molecule has 0 radical (unpaired) electrons. The highest BCUT2D eigenvalue weighted by Gasteiger charge is 2.11. The summed E-state index contributed by atoms with van der Waals surface area (Å²) >= 11 is 0. The molecule has 0 atom stereocenters. The number of rotatable bonds is 7. The first-order valence-corrected chi connectivity index (χ1v) is 7.88. The van der Waals surface area contributed by atoms with Gasteiger partial charge in [-0.1, -0.05) is 36.4 Å². The van der Waals surface area contributed by atoms with Crippen LogP contribution < -0.4 is 5.32 Å². The molecule has 2 rings (SSSR count). The van der Waals surface area contributed by atoms with Crippen molar-refractivity contribution in [1.82, 2.24) is 10.2 Å². The molecule has 0 aliphatic carbocycles. The van der Waals surface area contributed by atoms with E-state index in [1.807, 2.05) is 6.07 Å². The van der Waals surface area contributed by atoms with E-state index in [2.05, 4.69) is 5.32 Å². The van der Waals surface area contributed by atoms with Gasteiger partial charge in [-0.3, -0.25) is 9.59 Å². The van der Waals surface area contributed by atoms with Gasteiger partial charge in [-0.2, -0.15) is 0 Å². The summed E-state index contributed by atoms with van der Waals surface area (Å²) in [6.45, 7) is 0.662. The fourth-order valence-corrected chi connectivity index (χ4v) is 2.29. The van der Waals surface area contributed by atoms with Crippen LogP contribution in [-0.4, -0.2) is 30.3 Å². The number of benzene rings is 2. The molecule has 1 N–H and O–H groups in total. The van der Waals surface area contributed by atoms with Crippen molar-refractivity contribution in [2.45, 2.75) is 19.4 Å². The Morgan fingerprint density at radius 2 is 1.71 bits per heavy atom. The molecule has 4 nitrogen and oxygen atoms in total. The third-order valence-corrected chi connectivity index (χ3v) is 3.68. The van der Waals surface area contributed by atoms with Crippen LogP contribution in [0.4, 0.5) is 4.39 Å².